The second kappa shape index (κ2) is 4.90. The number of nitro groups is 1. The van der Waals surface area contributed by atoms with E-state index in [1.807, 2.05) is 25.7 Å². The van der Waals surface area contributed by atoms with Crippen molar-refractivity contribution < 1.29 is 9.66 Å². The van der Waals surface area contributed by atoms with Gasteiger partial charge >= 0.3 is 5.69 Å². The molecular weight excluding hydrogens is 272 g/mol. The molecule has 0 radical (unpaired) electrons. The summed E-state index contributed by atoms with van der Waals surface area (Å²) >= 11 is 5.75. The second-order valence-corrected chi connectivity index (χ2v) is 5.51. The quantitative estimate of drug-likeness (QED) is 0.470. The molecule has 2 rings (SSSR count). The summed E-state index contributed by atoms with van der Waals surface area (Å²) in [6.45, 7) is 6.82. The van der Waals surface area contributed by atoms with E-state index in [4.69, 9.17) is 16.3 Å². The van der Waals surface area contributed by atoms with Crippen molar-refractivity contribution in [3.63, 3.8) is 0 Å². The molecule has 7 nitrogen and oxygen atoms in total. The van der Waals surface area contributed by atoms with Gasteiger partial charge < -0.3 is 9.64 Å². The summed E-state index contributed by atoms with van der Waals surface area (Å²) in [6, 6.07) is 0. The summed E-state index contributed by atoms with van der Waals surface area (Å²) in [5.74, 6) is 0.244. The topological polar surface area (TPSA) is 81.4 Å². The zero-order chi connectivity index (χ0) is 14.2. The van der Waals surface area contributed by atoms with Crippen molar-refractivity contribution in [3.05, 3.63) is 21.6 Å². The molecule has 1 aromatic rings. The summed E-state index contributed by atoms with van der Waals surface area (Å²) in [5.41, 5.74) is -0.544. The summed E-state index contributed by atoms with van der Waals surface area (Å²) in [6.07, 6.45) is 1.09. The maximum absolute atomic E-state index is 11.0. The number of rotatable bonds is 2. The Balaban J connectivity index is 2.40. The lowest BCUT2D eigenvalue weighted by Gasteiger charge is -2.41. The molecule has 0 bridgehead atoms. The van der Waals surface area contributed by atoms with Gasteiger partial charge in [-0.15, -0.1) is 0 Å². The normalized spacial score (nSPS) is 22.3. The van der Waals surface area contributed by atoms with Crippen LogP contribution in [0.3, 0.4) is 0 Å². The first-order valence-electron chi connectivity index (χ1n) is 5.88. The Labute approximate surface area is 115 Å². The largest absolute Gasteiger partial charge is 0.369 e. The van der Waals surface area contributed by atoms with E-state index in [9.17, 15) is 10.1 Å². The average molecular weight is 287 g/mol. The molecule has 1 atom stereocenters. The second-order valence-electron chi connectivity index (χ2n) is 5.17. The molecular formula is C11H15ClN4O3. The SMILES string of the molecule is CC1CN(c2nc(Cl)ncc2[N+](=O)[O-])CC(C)(C)O1. The van der Waals surface area contributed by atoms with Gasteiger partial charge in [0.25, 0.3) is 0 Å². The molecule has 1 unspecified atom stereocenters. The fraction of sp³-hybridized carbons (Fsp3) is 0.636. The van der Waals surface area contributed by atoms with Crippen LogP contribution in [0.2, 0.25) is 5.28 Å². The molecule has 19 heavy (non-hydrogen) atoms. The lowest BCUT2D eigenvalue weighted by atomic mass is 10.1. The minimum absolute atomic E-state index is 0.00227. The van der Waals surface area contributed by atoms with Crippen LogP contribution in [-0.4, -0.2) is 39.7 Å². The third kappa shape index (κ3) is 3.10. The molecule has 1 aromatic heterocycles. The van der Waals surface area contributed by atoms with Crippen molar-refractivity contribution in [1.29, 1.82) is 0 Å². The molecule has 0 aromatic carbocycles. The number of ether oxygens (including phenoxy) is 1. The summed E-state index contributed by atoms with van der Waals surface area (Å²) < 4.78 is 5.77. The van der Waals surface area contributed by atoms with Gasteiger partial charge in [0.1, 0.15) is 6.20 Å². The maximum Gasteiger partial charge on any atom is 0.329 e. The third-order valence-corrected chi connectivity index (χ3v) is 2.97. The Kier molecular flexibility index (Phi) is 3.60. The Morgan fingerprint density at radius 1 is 1.63 bits per heavy atom. The molecule has 0 aliphatic carbocycles. The lowest BCUT2D eigenvalue weighted by molar-refractivity contribution is -0.384. The Morgan fingerprint density at radius 3 is 2.89 bits per heavy atom. The monoisotopic (exact) mass is 286 g/mol. The van der Waals surface area contributed by atoms with Crippen LogP contribution in [0.4, 0.5) is 11.5 Å². The van der Waals surface area contributed by atoms with Gasteiger partial charge in [0.15, 0.2) is 0 Å². The first-order chi connectivity index (χ1) is 8.78. The van der Waals surface area contributed by atoms with Crippen molar-refractivity contribution in [2.75, 3.05) is 18.0 Å². The predicted molar refractivity (Wildman–Crippen MR) is 70.5 cm³/mol. The number of aromatic nitrogens is 2. The Morgan fingerprint density at radius 2 is 2.32 bits per heavy atom. The van der Waals surface area contributed by atoms with Gasteiger partial charge in [0, 0.05) is 13.1 Å². The van der Waals surface area contributed by atoms with Crippen LogP contribution in [-0.2, 0) is 4.74 Å². The number of morpholine rings is 1. The molecule has 0 spiro atoms. The third-order valence-electron chi connectivity index (χ3n) is 2.79. The van der Waals surface area contributed by atoms with Crippen LogP contribution < -0.4 is 4.90 Å². The van der Waals surface area contributed by atoms with Crippen LogP contribution in [0, 0.1) is 10.1 Å². The maximum atomic E-state index is 11.0. The highest BCUT2D eigenvalue weighted by Gasteiger charge is 2.35. The van der Waals surface area contributed by atoms with Gasteiger partial charge in [-0.3, -0.25) is 10.1 Å². The van der Waals surface area contributed by atoms with Gasteiger partial charge in [0.05, 0.1) is 16.6 Å². The molecule has 8 heteroatoms. The van der Waals surface area contributed by atoms with Crippen LogP contribution >= 0.6 is 11.6 Å². The molecule has 0 amide bonds. The van der Waals surface area contributed by atoms with Crippen molar-refractivity contribution >= 4 is 23.1 Å². The van der Waals surface area contributed by atoms with Gasteiger partial charge in [-0.2, -0.15) is 4.98 Å². The number of hydrogen-bond donors (Lipinski definition) is 0. The zero-order valence-corrected chi connectivity index (χ0v) is 11.7. The zero-order valence-electron chi connectivity index (χ0n) is 11.0. The summed E-state index contributed by atoms with van der Waals surface area (Å²) in [4.78, 5) is 20.0. The van der Waals surface area contributed by atoms with E-state index in [1.54, 1.807) is 0 Å². The molecule has 1 aliphatic rings. The minimum atomic E-state index is -0.501. The van der Waals surface area contributed by atoms with Crippen LogP contribution in [0.1, 0.15) is 20.8 Å². The van der Waals surface area contributed by atoms with Gasteiger partial charge in [-0.25, -0.2) is 4.98 Å². The molecule has 1 aliphatic heterocycles. The molecule has 0 saturated carbocycles. The fourth-order valence-electron chi connectivity index (χ4n) is 2.32. The number of nitrogens with zero attached hydrogens (tertiary/aromatic N) is 4. The van der Waals surface area contributed by atoms with Crippen molar-refractivity contribution in [2.24, 2.45) is 0 Å². The van der Waals surface area contributed by atoms with Crippen molar-refractivity contribution in [3.8, 4) is 0 Å². The van der Waals surface area contributed by atoms with Crippen molar-refractivity contribution in [1.82, 2.24) is 9.97 Å². The van der Waals surface area contributed by atoms with E-state index in [-0.39, 0.29) is 22.9 Å². The lowest BCUT2D eigenvalue weighted by Crippen LogP contribution is -2.52. The smallest absolute Gasteiger partial charge is 0.329 e. The highest BCUT2D eigenvalue weighted by atomic mass is 35.5. The van der Waals surface area contributed by atoms with Gasteiger partial charge in [0.2, 0.25) is 11.1 Å². The summed E-state index contributed by atoms with van der Waals surface area (Å²) in [5, 5.41) is 11.0. The van der Waals surface area contributed by atoms with E-state index in [1.165, 1.54) is 0 Å². The van der Waals surface area contributed by atoms with Crippen LogP contribution in [0.25, 0.3) is 0 Å². The average Bonchev–Trinajstić information content (AvgIpc) is 2.25. The van der Waals surface area contributed by atoms with E-state index in [0.29, 0.717) is 13.1 Å². The van der Waals surface area contributed by atoms with E-state index < -0.39 is 10.5 Å². The molecule has 2 heterocycles. The van der Waals surface area contributed by atoms with Gasteiger partial charge in [-0.05, 0) is 32.4 Å². The highest BCUT2D eigenvalue weighted by Crippen LogP contribution is 2.31. The van der Waals surface area contributed by atoms with Crippen molar-refractivity contribution in [2.45, 2.75) is 32.5 Å². The Hall–Kier alpha value is -1.47. The first kappa shape index (κ1) is 14.0. The number of anilines is 1. The number of halogens is 1. The van der Waals surface area contributed by atoms with E-state index in [2.05, 4.69) is 9.97 Å². The van der Waals surface area contributed by atoms with Gasteiger partial charge in [-0.1, -0.05) is 0 Å². The molecule has 0 N–H and O–H groups in total. The highest BCUT2D eigenvalue weighted by molar-refractivity contribution is 6.28. The van der Waals surface area contributed by atoms with Crippen LogP contribution in [0.15, 0.2) is 6.20 Å². The standard InChI is InChI=1S/C11H15ClN4O3/c1-7-5-15(6-11(2,3)19-7)9-8(16(17)18)4-13-10(12)14-9/h4,7H,5-6H2,1-3H3. The van der Waals surface area contributed by atoms with Crippen LogP contribution in [0.5, 0.6) is 0 Å². The first-order valence-corrected chi connectivity index (χ1v) is 6.26. The van der Waals surface area contributed by atoms with E-state index in [0.717, 1.165) is 6.20 Å². The molecule has 1 fully saturated rings. The Bertz CT molecular complexity index is 509. The fourth-order valence-corrected chi connectivity index (χ4v) is 2.45. The minimum Gasteiger partial charge on any atom is -0.369 e. The number of hydrogen-bond acceptors (Lipinski definition) is 6. The predicted octanol–water partition coefficient (Wildman–Crippen LogP) is 2.04. The summed E-state index contributed by atoms with van der Waals surface area (Å²) in [7, 11) is 0. The molecule has 1 saturated heterocycles. The molecule has 104 valence electrons. The van der Waals surface area contributed by atoms with E-state index >= 15 is 0 Å².